The lowest BCUT2D eigenvalue weighted by atomic mass is 10.2. The molecular formula is C19H15FN4O2. The number of ether oxygens (including phenoxy) is 1. The number of fused-ring (bicyclic) bond motifs is 3. The van der Waals surface area contributed by atoms with Gasteiger partial charge in [-0.3, -0.25) is 4.79 Å². The van der Waals surface area contributed by atoms with Crippen LogP contribution in [0.3, 0.4) is 0 Å². The van der Waals surface area contributed by atoms with Crippen LogP contribution in [0.25, 0.3) is 21.9 Å². The third-order valence-electron chi connectivity index (χ3n) is 4.16. The van der Waals surface area contributed by atoms with Crippen molar-refractivity contribution in [2.75, 3.05) is 7.11 Å². The van der Waals surface area contributed by atoms with Crippen LogP contribution in [0.4, 0.5) is 4.39 Å². The second-order valence-electron chi connectivity index (χ2n) is 5.83. The number of aromatic amines is 1. The summed E-state index contributed by atoms with van der Waals surface area (Å²) >= 11 is 0. The summed E-state index contributed by atoms with van der Waals surface area (Å²) in [5.41, 5.74) is 2.11. The van der Waals surface area contributed by atoms with Crippen LogP contribution in [0.1, 0.15) is 11.4 Å². The minimum Gasteiger partial charge on any atom is -0.497 e. The fraction of sp³-hybridized carbons (Fsp3) is 0.105. The number of nitrogens with one attached hydrogen (secondary N) is 1. The van der Waals surface area contributed by atoms with Crippen LogP contribution >= 0.6 is 0 Å². The molecule has 4 rings (SSSR count). The van der Waals surface area contributed by atoms with E-state index in [4.69, 9.17) is 4.74 Å². The average molecular weight is 350 g/mol. The SMILES string of the molecule is COc1ccc2c(c1)[nH]c1c(=O)n(/N=C\c3ccc(F)cc3)c(C)nc12. The zero-order chi connectivity index (χ0) is 18.3. The molecule has 0 bridgehead atoms. The topological polar surface area (TPSA) is 72.3 Å². The molecule has 2 heterocycles. The molecule has 0 unspecified atom stereocenters. The predicted molar refractivity (Wildman–Crippen MR) is 98.5 cm³/mol. The number of methoxy groups -OCH3 is 1. The highest BCUT2D eigenvalue weighted by atomic mass is 19.1. The van der Waals surface area contributed by atoms with Crippen molar-refractivity contribution in [1.82, 2.24) is 14.6 Å². The van der Waals surface area contributed by atoms with E-state index in [9.17, 15) is 9.18 Å². The molecule has 0 amide bonds. The summed E-state index contributed by atoms with van der Waals surface area (Å²) in [5, 5.41) is 5.05. The highest BCUT2D eigenvalue weighted by Crippen LogP contribution is 2.25. The maximum Gasteiger partial charge on any atom is 0.298 e. The Morgan fingerprint density at radius 1 is 1.23 bits per heavy atom. The van der Waals surface area contributed by atoms with Gasteiger partial charge in [-0.1, -0.05) is 12.1 Å². The van der Waals surface area contributed by atoms with Crippen LogP contribution in [0, 0.1) is 12.7 Å². The summed E-state index contributed by atoms with van der Waals surface area (Å²) in [6, 6.07) is 11.3. The first-order chi connectivity index (χ1) is 12.6. The van der Waals surface area contributed by atoms with Crippen LogP contribution in [0.5, 0.6) is 5.75 Å². The number of H-pyrrole nitrogens is 1. The predicted octanol–water partition coefficient (Wildman–Crippen LogP) is 3.22. The second kappa shape index (κ2) is 6.11. The van der Waals surface area contributed by atoms with Gasteiger partial charge in [0.2, 0.25) is 0 Å². The second-order valence-corrected chi connectivity index (χ2v) is 5.83. The third kappa shape index (κ3) is 2.63. The highest BCUT2D eigenvalue weighted by molar-refractivity contribution is 6.04. The van der Waals surface area contributed by atoms with Crippen molar-refractivity contribution in [3.63, 3.8) is 0 Å². The Morgan fingerprint density at radius 2 is 2.00 bits per heavy atom. The Bertz CT molecular complexity index is 1210. The molecule has 0 saturated heterocycles. The van der Waals surface area contributed by atoms with E-state index in [0.29, 0.717) is 28.2 Å². The van der Waals surface area contributed by atoms with Crippen LogP contribution in [-0.2, 0) is 0 Å². The Hall–Kier alpha value is -3.48. The molecule has 0 radical (unpaired) electrons. The van der Waals surface area contributed by atoms with E-state index in [1.54, 1.807) is 26.2 Å². The normalized spacial score (nSPS) is 11.7. The fourth-order valence-electron chi connectivity index (χ4n) is 2.83. The molecule has 130 valence electrons. The average Bonchev–Trinajstić information content (AvgIpc) is 3.01. The van der Waals surface area contributed by atoms with Crippen LogP contribution in [0.2, 0.25) is 0 Å². The van der Waals surface area contributed by atoms with E-state index in [1.807, 2.05) is 18.2 Å². The number of rotatable bonds is 3. The maximum atomic E-state index is 13.0. The molecule has 0 spiro atoms. The van der Waals surface area contributed by atoms with E-state index in [1.165, 1.54) is 23.0 Å². The van der Waals surface area contributed by atoms with Crippen molar-refractivity contribution in [2.24, 2.45) is 5.10 Å². The molecule has 0 aliphatic carbocycles. The first-order valence-electron chi connectivity index (χ1n) is 7.96. The van der Waals surface area contributed by atoms with E-state index < -0.39 is 0 Å². The van der Waals surface area contributed by atoms with Gasteiger partial charge in [0.1, 0.15) is 28.4 Å². The molecule has 0 fully saturated rings. The largest absolute Gasteiger partial charge is 0.497 e. The van der Waals surface area contributed by atoms with Gasteiger partial charge < -0.3 is 9.72 Å². The van der Waals surface area contributed by atoms with Gasteiger partial charge >= 0.3 is 0 Å². The molecule has 26 heavy (non-hydrogen) atoms. The van der Waals surface area contributed by atoms with Gasteiger partial charge in [-0.25, -0.2) is 9.37 Å². The number of hydrogen-bond acceptors (Lipinski definition) is 4. The van der Waals surface area contributed by atoms with E-state index in [2.05, 4.69) is 15.1 Å². The smallest absolute Gasteiger partial charge is 0.298 e. The Morgan fingerprint density at radius 3 is 2.73 bits per heavy atom. The lowest BCUT2D eigenvalue weighted by molar-refractivity contribution is 0.415. The van der Waals surface area contributed by atoms with Gasteiger partial charge in [-0.15, -0.1) is 0 Å². The molecule has 6 nitrogen and oxygen atoms in total. The molecule has 2 aromatic heterocycles. The number of halogens is 1. The first kappa shape index (κ1) is 16.0. The minimum absolute atomic E-state index is 0.305. The summed E-state index contributed by atoms with van der Waals surface area (Å²) < 4.78 is 19.4. The van der Waals surface area contributed by atoms with Crippen LogP contribution in [-0.4, -0.2) is 28.0 Å². The zero-order valence-corrected chi connectivity index (χ0v) is 14.2. The van der Waals surface area contributed by atoms with Crippen LogP contribution in [0.15, 0.2) is 52.4 Å². The van der Waals surface area contributed by atoms with Crippen molar-refractivity contribution < 1.29 is 9.13 Å². The molecule has 0 aliphatic rings. The minimum atomic E-state index is -0.327. The van der Waals surface area contributed by atoms with Gasteiger partial charge in [-0.05, 0) is 36.8 Å². The maximum absolute atomic E-state index is 13.0. The monoisotopic (exact) mass is 350 g/mol. The van der Waals surface area contributed by atoms with E-state index in [0.717, 1.165) is 10.9 Å². The molecule has 0 aliphatic heterocycles. The van der Waals surface area contributed by atoms with Gasteiger partial charge in [0.05, 0.1) is 18.8 Å². The number of aromatic nitrogens is 3. The lowest BCUT2D eigenvalue weighted by Gasteiger charge is -2.03. The summed E-state index contributed by atoms with van der Waals surface area (Å²) in [4.78, 5) is 20.5. The lowest BCUT2D eigenvalue weighted by Crippen LogP contribution is -2.20. The fourth-order valence-corrected chi connectivity index (χ4v) is 2.83. The van der Waals surface area contributed by atoms with Crippen molar-refractivity contribution in [3.05, 3.63) is 70.0 Å². The van der Waals surface area contributed by atoms with Crippen molar-refractivity contribution in [2.45, 2.75) is 6.92 Å². The highest BCUT2D eigenvalue weighted by Gasteiger charge is 2.13. The Labute approximate surface area is 147 Å². The van der Waals surface area contributed by atoms with Crippen LogP contribution < -0.4 is 10.3 Å². The van der Waals surface area contributed by atoms with Gasteiger partial charge in [0.25, 0.3) is 5.56 Å². The molecular weight excluding hydrogens is 335 g/mol. The molecule has 2 aromatic carbocycles. The molecule has 4 aromatic rings. The van der Waals surface area contributed by atoms with Crippen molar-refractivity contribution in [1.29, 1.82) is 0 Å². The quantitative estimate of drug-likeness (QED) is 0.577. The first-order valence-corrected chi connectivity index (χ1v) is 7.96. The summed E-state index contributed by atoms with van der Waals surface area (Å²) in [5.74, 6) is 0.820. The molecule has 7 heteroatoms. The number of hydrogen-bond donors (Lipinski definition) is 1. The molecule has 0 saturated carbocycles. The summed E-state index contributed by atoms with van der Waals surface area (Å²) in [7, 11) is 1.59. The van der Waals surface area contributed by atoms with E-state index in [-0.39, 0.29) is 11.4 Å². The van der Waals surface area contributed by atoms with Gasteiger partial charge in [0.15, 0.2) is 0 Å². The Kier molecular flexibility index (Phi) is 3.76. The standard InChI is InChI=1S/C19H15FN4O2/c1-11-22-17-15-8-7-14(26-2)9-16(15)23-18(17)19(25)24(11)21-10-12-3-5-13(20)6-4-12/h3-10,23H,1-2H3/b21-10-. The zero-order valence-electron chi connectivity index (χ0n) is 14.2. The molecule has 0 atom stereocenters. The number of benzene rings is 2. The summed E-state index contributed by atoms with van der Waals surface area (Å²) in [6.07, 6.45) is 1.49. The van der Waals surface area contributed by atoms with Crippen molar-refractivity contribution in [3.8, 4) is 5.75 Å². The number of nitrogens with zero attached hydrogens (tertiary/aromatic N) is 3. The third-order valence-corrected chi connectivity index (χ3v) is 4.16. The number of aryl methyl sites for hydroxylation is 1. The van der Waals surface area contributed by atoms with Crippen molar-refractivity contribution >= 4 is 28.2 Å². The molecule has 1 N–H and O–H groups in total. The van der Waals surface area contributed by atoms with Gasteiger partial charge in [-0.2, -0.15) is 9.78 Å². The van der Waals surface area contributed by atoms with E-state index >= 15 is 0 Å². The summed E-state index contributed by atoms with van der Waals surface area (Å²) in [6.45, 7) is 1.71. The Balaban J connectivity index is 1.86. The van der Waals surface area contributed by atoms with Gasteiger partial charge in [0, 0.05) is 11.5 Å².